The Bertz CT molecular complexity index is 1270. The lowest BCUT2D eigenvalue weighted by Gasteiger charge is -2.44. The van der Waals surface area contributed by atoms with Crippen molar-refractivity contribution in [2.45, 2.75) is 51.6 Å². The number of ether oxygens (including phenoxy) is 1. The maximum absolute atomic E-state index is 14.8. The van der Waals surface area contributed by atoms with Crippen LogP contribution in [-0.2, 0) is 17.8 Å². The number of aliphatic carboxylic acids is 1. The van der Waals surface area contributed by atoms with Gasteiger partial charge in [0.2, 0.25) is 0 Å². The average Bonchev–Trinajstić information content (AvgIpc) is 3.36. The van der Waals surface area contributed by atoms with Crippen LogP contribution in [0.25, 0.3) is 0 Å². The van der Waals surface area contributed by atoms with E-state index in [1.165, 1.54) is 35.6 Å². The van der Waals surface area contributed by atoms with Gasteiger partial charge in [0, 0.05) is 36.1 Å². The first kappa shape index (κ1) is 27.7. The maximum Gasteiger partial charge on any atom is 0.573 e. The summed E-state index contributed by atoms with van der Waals surface area (Å²) >= 11 is 1.33. The Morgan fingerprint density at radius 3 is 2.74 bits per heavy atom. The Balaban J connectivity index is 1.53. The zero-order valence-corrected chi connectivity index (χ0v) is 21.1. The van der Waals surface area contributed by atoms with Crippen molar-refractivity contribution in [2.75, 3.05) is 11.9 Å². The molecule has 3 heterocycles. The third kappa shape index (κ3) is 6.38. The number of benzene rings is 1. The van der Waals surface area contributed by atoms with Gasteiger partial charge in [0.25, 0.3) is 0 Å². The number of hydrogen-bond acceptors (Lipinski definition) is 7. The number of alkyl halides is 3. The molecule has 0 saturated carbocycles. The van der Waals surface area contributed by atoms with Crippen molar-refractivity contribution in [2.24, 2.45) is 5.41 Å². The molecule has 0 amide bonds. The van der Waals surface area contributed by atoms with Gasteiger partial charge in [-0.25, -0.2) is 18.7 Å². The monoisotopic (exact) mass is 556 g/mol. The summed E-state index contributed by atoms with van der Waals surface area (Å²) in [5.41, 5.74) is -1.33. The average molecular weight is 557 g/mol. The number of anilines is 2. The third-order valence-electron chi connectivity index (χ3n) is 6.68. The summed E-state index contributed by atoms with van der Waals surface area (Å²) in [7, 11) is 0. The number of carbonyl (C=O) groups is 1. The molecule has 0 aliphatic carbocycles. The van der Waals surface area contributed by atoms with Gasteiger partial charge in [-0.15, -0.1) is 24.5 Å². The molecule has 1 fully saturated rings. The van der Waals surface area contributed by atoms with Crippen LogP contribution in [0.3, 0.4) is 0 Å². The molecule has 7 nitrogen and oxygen atoms in total. The number of halogens is 5. The van der Waals surface area contributed by atoms with Crippen molar-refractivity contribution < 1.29 is 36.6 Å². The van der Waals surface area contributed by atoms with Gasteiger partial charge in [-0.1, -0.05) is 19.1 Å². The minimum Gasteiger partial charge on any atom is -0.481 e. The molecule has 4 rings (SSSR count). The van der Waals surface area contributed by atoms with Crippen LogP contribution in [-0.4, -0.2) is 44.9 Å². The van der Waals surface area contributed by atoms with Gasteiger partial charge >= 0.3 is 12.3 Å². The number of likely N-dealkylation sites (tertiary alicyclic amines) is 1. The van der Waals surface area contributed by atoms with Crippen LogP contribution >= 0.6 is 11.3 Å². The number of aromatic nitrogens is 2. The minimum atomic E-state index is -5.03. The minimum absolute atomic E-state index is 0.000282. The van der Waals surface area contributed by atoms with Gasteiger partial charge in [-0.3, -0.25) is 9.69 Å². The number of pyridine rings is 1. The topological polar surface area (TPSA) is 87.6 Å². The fourth-order valence-electron chi connectivity index (χ4n) is 4.76. The highest BCUT2D eigenvalue weighted by Crippen LogP contribution is 2.41. The summed E-state index contributed by atoms with van der Waals surface area (Å²) in [5, 5.41) is 15.5. The fraction of sp³-hybridized carbons (Fsp3) is 0.400. The van der Waals surface area contributed by atoms with E-state index in [0.29, 0.717) is 17.4 Å². The van der Waals surface area contributed by atoms with E-state index >= 15 is 0 Å². The van der Waals surface area contributed by atoms with E-state index in [9.17, 15) is 31.9 Å². The Morgan fingerprint density at radius 1 is 1.29 bits per heavy atom. The molecule has 1 aliphatic heterocycles. The standard InChI is InChI=1S/C25H25F5N4O3S/c1-2-16-12-24(22(35)36,13-18-17(26)6-7-20(32-18)33-23-31-9-11-38-23)8-10-34(16)14-15-4-3-5-19(21(15)27)37-25(28,29)30/h3-7,9,11,16H,2,8,10,12-14H2,1H3,(H,35,36)(H,31,32,33). The molecule has 13 heteroatoms. The van der Waals surface area contributed by atoms with Gasteiger partial charge in [-0.2, -0.15) is 0 Å². The number of piperidine rings is 1. The number of hydrogen-bond donors (Lipinski definition) is 2. The summed E-state index contributed by atoms with van der Waals surface area (Å²) in [6.07, 6.45) is -2.85. The number of carboxylic acid groups (broad SMARTS) is 1. The van der Waals surface area contributed by atoms with Crippen molar-refractivity contribution in [1.29, 1.82) is 0 Å². The van der Waals surface area contributed by atoms with Crippen LogP contribution in [0.1, 0.15) is 37.4 Å². The molecule has 0 radical (unpaired) electrons. The lowest BCUT2D eigenvalue weighted by Crippen LogP contribution is -2.50. The zero-order valence-electron chi connectivity index (χ0n) is 20.3. The number of rotatable bonds is 9. The normalized spacial score (nSPS) is 20.3. The zero-order chi connectivity index (χ0) is 27.5. The number of nitrogens with one attached hydrogen (secondary N) is 1. The van der Waals surface area contributed by atoms with Crippen LogP contribution in [0.4, 0.5) is 32.9 Å². The van der Waals surface area contributed by atoms with Gasteiger partial charge in [0.05, 0.1) is 11.1 Å². The predicted octanol–water partition coefficient (Wildman–Crippen LogP) is 6.15. The van der Waals surface area contributed by atoms with Crippen molar-refractivity contribution in [3.63, 3.8) is 0 Å². The van der Waals surface area contributed by atoms with E-state index in [-0.39, 0.29) is 49.7 Å². The van der Waals surface area contributed by atoms with Crippen molar-refractivity contribution >= 4 is 28.3 Å². The van der Waals surface area contributed by atoms with E-state index in [1.807, 2.05) is 11.8 Å². The number of thiazole rings is 1. The summed E-state index contributed by atoms with van der Waals surface area (Å²) in [6.45, 7) is 2.02. The van der Waals surface area contributed by atoms with E-state index < -0.39 is 35.1 Å². The molecular formula is C25H25F5N4O3S. The van der Waals surface area contributed by atoms with Crippen LogP contribution in [0.15, 0.2) is 41.9 Å². The quantitative estimate of drug-likeness (QED) is 0.306. The Hall–Kier alpha value is -3.32. The molecule has 2 N–H and O–H groups in total. The maximum atomic E-state index is 14.8. The highest BCUT2D eigenvalue weighted by molar-refractivity contribution is 7.13. The Labute approximate surface area is 219 Å². The van der Waals surface area contributed by atoms with Gasteiger partial charge in [0.1, 0.15) is 11.6 Å². The fourth-order valence-corrected chi connectivity index (χ4v) is 5.29. The smallest absolute Gasteiger partial charge is 0.481 e. The summed E-state index contributed by atoms with van der Waals surface area (Å²) in [5.74, 6) is -3.44. The van der Waals surface area contributed by atoms with Crippen molar-refractivity contribution in [3.05, 3.63) is 64.8 Å². The predicted molar refractivity (Wildman–Crippen MR) is 130 cm³/mol. The van der Waals surface area contributed by atoms with E-state index in [1.54, 1.807) is 11.6 Å². The molecule has 1 saturated heterocycles. The molecule has 2 atom stereocenters. The first-order valence-electron chi connectivity index (χ1n) is 11.8. The molecule has 0 spiro atoms. The van der Waals surface area contributed by atoms with E-state index in [2.05, 4.69) is 20.0 Å². The van der Waals surface area contributed by atoms with Gasteiger partial charge in [-0.05, 0) is 44.0 Å². The number of carboxylic acids is 1. The Morgan fingerprint density at radius 2 is 2.08 bits per heavy atom. The largest absolute Gasteiger partial charge is 0.573 e. The second-order valence-electron chi connectivity index (χ2n) is 9.11. The highest BCUT2D eigenvalue weighted by atomic mass is 32.1. The second kappa shape index (κ2) is 11.2. The SMILES string of the molecule is CCC1CC(Cc2nc(Nc3nccs3)ccc2F)(C(=O)O)CCN1Cc1cccc(OC(F)(F)F)c1F. The molecule has 2 unspecified atom stereocenters. The lowest BCUT2D eigenvalue weighted by atomic mass is 9.71. The number of nitrogens with zero attached hydrogens (tertiary/aromatic N) is 3. The van der Waals surface area contributed by atoms with Gasteiger partial charge < -0.3 is 15.2 Å². The van der Waals surface area contributed by atoms with Crippen LogP contribution < -0.4 is 10.1 Å². The summed E-state index contributed by atoms with van der Waals surface area (Å²) < 4.78 is 71.2. The lowest BCUT2D eigenvalue weighted by molar-refractivity contribution is -0.275. The van der Waals surface area contributed by atoms with Crippen molar-refractivity contribution in [1.82, 2.24) is 14.9 Å². The molecule has 1 aromatic carbocycles. The third-order valence-corrected chi connectivity index (χ3v) is 7.37. The second-order valence-corrected chi connectivity index (χ2v) is 10.0. The molecule has 0 bridgehead atoms. The van der Waals surface area contributed by atoms with Crippen molar-refractivity contribution in [3.8, 4) is 5.75 Å². The van der Waals surface area contributed by atoms with E-state index in [0.717, 1.165) is 6.07 Å². The first-order chi connectivity index (χ1) is 18.0. The first-order valence-corrected chi connectivity index (χ1v) is 12.7. The van der Waals surface area contributed by atoms with Crippen LogP contribution in [0.2, 0.25) is 0 Å². The molecule has 38 heavy (non-hydrogen) atoms. The Kier molecular flexibility index (Phi) is 8.16. The highest BCUT2D eigenvalue weighted by Gasteiger charge is 2.46. The molecule has 204 valence electrons. The van der Waals surface area contributed by atoms with E-state index in [4.69, 9.17) is 0 Å². The molecular weight excluding hydrogens is 531 g/mol. The van der Waals surface area contributed by atoms with Gasteiger partial charge in [0.15, 0.2) is 16.7 Å². The summed E-state index contributed by atoms with van der Waals surface area (Å²) in [6, 6.07) is 5.85. The van der Waals surface area contributed by atoms with Crippen LogP contribution in [0.5, 0.6) is 5.75 Å². The summed E-state index contributed by atoms with van der Waals surface area (Å²) in [4.78, 5) is 22.8. The molecule has 3 aromatic rings. The molecule has 2 aromatic heterocycles. The molecule has 1 aliphatic rings. The van der Waals surface area contributed by atoms with Crippen LogP contribution in [0, 0.1) is 17.0 Å².